The zero-order valence-corrected chi connectivity index (χ0v) is 14.7. The Balaban J connectivity index is 2.04. The molecular formula is C18H20N2O3S. The van der Waals surface area contributed by atoms with Crippen molar-refractivity contribution in [2.24, 2.45) is 0 Å². The Hall–Kier alpha value is -2.47. The first-order valence-electron chi connectivity index (χ1n) is 7.48. The van der Waals surface area contributed by atoms with E-state index in [9.17, 15) is 9.59 Å². The predicted octanol–water partition coefficient (Wildman–Crippen LogP) is 3.87. The highest BCUT2D eigenvalue weighted by molar-refractivity contribution is 8.13. The van der Waals surface area contributed by atoms with Crippen LogP contribution < -0.4 is 10.1 Å². The van der Waals surface area contributed by atoms with Crippen molar-refractivity contribution < 1.29 is 14.3 Å². The number of nitrogens with zero attached hydrogens (tertiary/aromatic N) is 1. The Morgan fingerprint density at radius 3 is 2.33 bits per heavy atom. The number of ether oxygens (including phenoxy) is 1. The fraction of sp³-hybridized carbons (Fsp3) is 0.222. The predicted molar refractivity (Wildman–Crippen MR) is 96.5 cm³/mol. The van der Waals surface area contributed by atoms with Crippen LogP contribution >= 0.6 is 11.8 Å². The third-order valence-electron chi connectivity index (χ3n) is 3.13. The zero-order chi connectivity index (χ0) is 17.5. The number of hydrogen-bond acceptors (Lipinski definition) is 4. The van der Waals surface area contributed by atoms with Gasteiger partial charge < -0.3 is 15.0 Å². The van der Waals surface area contributed by atoms with Gasteiger partial charge in [0, 0.05) is 19.0 Å². The fourth-order valence-corrected chi connectivity index (χ4v) is 2.58. The van der Waals surface area contributed by atoms with Gasteiger partial charge in [0.2, 0.25) is 0 Å². The summed E-state index contributed by atoms with van der Waals surface area (Å²) >= 11 is 1.07. The Morgan fingerprint density at radius 1 is 1.04 bits per heavy atom. The fourth-order valence-electron chi connectivity index (χ4n) is 1.84. The molecule has 0 aliphatic heterocycles. The second-order valence-corrected chi connectivity index (χ2v) is 6.31. The summed E-state index contributed by atoms with van der Waals surface area (Å²) in [6.45, 7) is 1.68. The number of anilines is 1. The van der Waals surface area contributed by atoms with E-state index in [1.54, 1.807) is 45.3 Å². The number of nitrogens with one attached hydrogen (secondary N) is 1. The van der Waals surface area contributed by atoms with Crippen LogP contribution in [0.3, 0.4) is 0 Å². The largest absolute Gasteiger partial charge is 0.481 e. The minimum Gasteiger partial charge on any atom is -0.481 e. The van der Waals surface area contributed by atoms with Crippen LogP contribution in [0.4, 0.5) is 10.5 Å². The summed E-state index contributed by atoms with van der Waals surface area (Å²) in [6.07, 6.45) is -0.657. The van der Waals surface area contributed by atoms with Crippen molar-refractivity contribution in [2.75, 3.05) is 19.4 Å². The molecule has 0 aliphatic rings. The van der Waals surface area contributed by atoms with Crippen LogP contribution in [0.1, 0.15) is 6.92 Å². The van der Waals surface area contributed by atoms with E-state index in [-0.39, 0.29) is 11.1 Å². The van der Waals surface area contributed by atoms with E-state index in [0.29, 0.717) is 16.3 Å². The SMILES string of the molecule is CC(Oc1ccccc1)C(=O)Nc1ccccc1SC(=O)N(C)C. The quantitative estimate of drug-likeness (QED) is 0.837. The summed E-state index contributed by atoms with van der Waals surface area (Å²) < 4.78 is 5.61. The summed E-state index contributed by atoms with van der Waals surface area (Å²) in [5.41, 5.74) is 0.589. The molecule has 126 valence electrons. The van der Waals surface area contributed by atoms with Crippen LogP contribution in [-0.4, -0.2) is 36.2 Å². The minimum atomic E-state index is -0.657. The van der Waals surface area contributed by atoms with Gasteiger partial charge in [-0.2, -0.15) is 0 Å². The number of rotatable bonds is 5. The molecule has 0 saturated heterocycles. The van der Waals surface area contributed by atoms with E-state index in [2.05, 4.69) is 5.32 Å². The molecule has 0 heterocycles. The van der Waals surface area contributed by atoms with Crippen LogP contribution in [0.5, 0.6) is 5.75 Å². The summed E-state index contributed by atoms with van der Waals surface area (Å²) in [4.78, 5) is 26.4. The van der Waals surface area contributed by atoms with Gasteiger partial charge in [0.25, 0.3) is 11.1 Å². The number of para-hydroxylation sites is 2. The Kier molecular flexibility index (Phi) is 6.26. The number of hydrogen-bond donors (Lipinski definition) is 1. The standard InChI is InChI=1S/C18H20N2O3S/c1-13(23-14-9-5-4-6-10-14)17(21)19-15-11-7-8-12-16(15)24-18(22)20(2)3/h4-13H,1-3H3,(H,19,21). The van der Waals surface area contributed by atoms with Gasteiger partial charge in [-0.05, 0) is 43.0 Å². The van der Waals surface area contributed by atoms with Crippen LogP contribution in [0.2, 0.25) is 0 Å². The van der Waals surface area contributed by atoms with E-state index in [0.717, 1.165) is 11.8 Å². The average molecular weight is 344 g/mol. The van der Waals surface area contributed by atoms with Gasteiger partial charge in [0.1, 0.15) is 5.75 Å². The van der Waals surface area contributed by atoms with Gasteiger partial charge in [-0.1, -0.05) is 30.3 Å². The van der Waals surface area contributed by atoms with Gasteiger partial charge in [-0.3, -0.25) is 9.59 Å². The lowest BCUT2D eigenvalue weighted by Crippen LogP contribution is -2.30. The van der Waals surface area contributed by atoms with Crippen LogP contribution in [0, 0.1) is 0 Å². The summed E-state index contributed by atoms with van der Waals surface area (Å²) in [7, 11) is 3.37. The maximum atomic E-state index is 12.3. The lowest BCUT2D eigenvalue weighted by atomic mass is 10.3. The smallest absolute Gasteiger partial charge is 0.286 e. The Bertz CT molecular complexity index is 704. The van der Waals surface area contributed by atoms with E-state index in [1.807, 2.05) is 30.3 Å². The molecule has 5 nitrogen and oxygen atoms in total. The van der Waals surface area contributed by atoms with Crippen LogP contribution in [0.15, 0.2) is 59.5 Å². The van der Waals surface area contributed by atoms with Gasteiger partial charge >= 0.3 is 0 Å². The van der Waals surface area contributed by atoms with Crippen molar-refractivity contribution in [3.63, 3.8) is 0 Å². The topological polar surface area (TPSA) is 58.6 Å². The van der Waals surface area contributed by atoms with Crippen molar-refractivity contribution in [3.05, 3.63) is 54.6 Å². The number of thioether (sulfide) groups is 1. The molecule has 0 aromatic heterocycles. The maximum absolute atomic E-state index is 12.3. The molecule has 0 aliphatic carbocycles. The minimum absolute atomic E-state index is 0.106. The molecule has 2 rings (SSSR count). The van der Waals surface area contributed by atoms with Gasteiger partial charge in [-0.15, -0.1) is 0 Å². The molecule has 6 heteroatoms. The highest BCUT2D eigenvalue weighted by atomic mass is 32.2. The van der Waals surface area contributed by atoms with Gasteiger partial charge in [0.05, 0.1) is 5.69 Å². The van der Waals surface area contributed by atoms with Crippen LogP contribution in [-0.2, 0) is 4.79 Å². The summed E-state index contributed by atoms with van der Waals surface area (Å²) in [5, 5.41) is 2.71. The van der Waals surface area contributed by atoms with E-state index in [4.69, 9.17) is 4.74 Å². The highest BCUT2D eigenvalue weighted by Gasteiger charge is 2.17. The average Bonchev–Trinajstić information content (AvgIpc) is 2.57. The maximum Gasteiger partial charge on any atom is 0.286 e. The zero-order valence-electron chi connectivity index (χ0n) is 13.9. The first kappa shape index (κ1) is 17.9. The molecular weight excluding hydrogens is 324 g/mol. The highest BCUT2D eigenvalue weighted by Crippen LogP contribution is 2.28. The third kappa shape index (κ3) is 5.03. The van der Waals surface area contributed by atoms with E-state index in [1.165, 1.54) is 4.90 Å². The van der Waals surface area contributed by atoms with Crippen molar-refractivity contribution in [3.8, 4) is 5.75 Å². The number of benzene rings is 2. The van der Waals surface area contributed by atoms with Crippen molar-refractivity contribution >= 4 is 28.6 Å². The van der Waals surface area contributed by atoms with Crippen molar-refractivity contribution in [1.82, 2.24) is 4.90 Å². The third-order valence-corrected chi connectivity index (χ3v) is 4.25. The van der Waals surface area contributed by atoms with Gasteiger partial charge in [-0.25, -0.2) is 0 Å². The summed E-state index contributed by atoms with van der Waals surface area (Å²) in [6, 6.07) is 16.4. The molecule has 0 radical (unpaired) electrons. The number of carbonyl (C=O) groups is 2. The van der Waals surface area contributed by atoms with E-state index < -0.39 is 6.10 Å². The monoisotopic (exact) mass is 344 g/mol. The molecule has 0 bridgehead atoms. The molecule has 1 N–H and O–H groups in total. The lowest BCUT2D eigenvalue weighted by Gasteiger charge is -2.17. The molecule has 0 fully saturated rings. The molecule has 1 unspecified atom stereocenters. The van der Waals surface area contributed by atoms with Crippen molar-refractivity contribution in [2.45, 2.75) is 17.9 Å². The Morgan fingerprint density at radius 2 is 1.67 bits per heavy atom. The Labute approximate surface area is 146 Å². The van der Waals surface area contributed by atoms with Crippen molar-refractivity contribution in [1.29, 1.82) is 0 Å². The number of amides is 2. The normalized spacial score (nSPS) is 11.5. The second-order valence-electron chi connectivity index (χ2n) is 5.32. The molecule has 2 amide bonds. The first-order chi connectivity index (χ1) is 11.5. The second kappa shape index (κ2) is 8.40. The molecule has 2 aromatic rings. The first-order valence-corrected chi connectivity index (χ1v) is 8.29. The lowest BCUT2D eigenvalue weighted by molar-refractivity contribution is -0.122. The molecule has 1 atom stereocenters. The van der Waals surface area contributed by atoms with Gasteiger partial charge in [0.15, 0.2) is 6.10 Å². The molecule has 0 spiro atoms. The summed E-state index contributed by atoms with van der Waals surface area (Å²) in [5.74, 6) is 0.356. The number of carbonyl (C=O) groups excluding carboxylic acids is 2. The molecule has 24 heavy (non-hydrogen) atoms. The van der Waals surface area contributed by atoms with Crippen LogP contribution in [0.25, 0.3) is 0 Å². The van der Waals surface area contributed by atoms with E-state index >= 15 is 0 Å². The molecule has 0 saturated carbocycles. The molecule has 2 aromatic carbocycles.